The molecular formula is C13H24N2O4S. The fourth-order valence-electron chi connectivity index (χ4n) is 2.28. The first-order valence-corrected chi connectivity index (χ1v) is 8.35. The molecule has 0 aromatic rings. The molecule has 7 heteroatoms. The first kappa shape index (κ1) is 17.1. The summed E-state index contributed by atoms with van der Waals surface area (Å²) in [5.74, 6) is -0.443. The van der Waals surface area contributed by atoms with Crippen molar-refractivity contribution in [2.24, 2.45) is 5.92 Å². The Morgan fingerprint density at radius 3 is 2.75 bits per heavy atom. The van der Waals surface area contributed by atoms with Crippen molar-refractivity contribution in [2.75, 3.05) is 38.3 Å². The van der Waals surface area contributed by atoms with Gasteiger partial charge in [0.05, 0.1) is 19.3 Å². The highest BCUT2D eigenvalue weighted by Crippen LogP contribution is 2.20. The number of unbranched alkanes of at least 4 members (excludes halogenated alkanes) is 1. The number of nitrogens with zero attached hydrogens (tertiary/aromatic N) is 1. The van der Waals surface area contributed by atoms with E-state index in [0.717, 1.165) is 18.6 Å². The topological polar surface area (TPSA) is 78.9 Å². The fourth-order valence-corrected chi connectivity index (χ4v) is 2.78. The Labute approximate surface area is 124 Å². The van der Waals surface area contributed by atoms with Crippen molar-refractivity contribution in [1.82, 2.24) is 10.2 Å². The molecule has 0 saturated carbocycles. The number of hydrogen-bond donors (Lipinski definition) is 2. The number of carboxylic acids is 1. The molecule has 2 atom stereocenters. The Morgan fingerprint density at radius 2 is 2.15 bits per heavy atom. The molecular weight excluding hydrogens is 280 g/mol. The number of carbonyl (C=O) groups is 2. The number of hydrogen-bond acceptors (Lipinski definition) is 4. The SMILES string of the molecule is CCN(C(=O)NCCCCSC)C1COCC1C(=O)O. The number of carboxylic acid groups (broad SMARTS) is 1. The number of aliphatic carboxylic acids is 1. The molecule has 2 unspecified atom stereocenters. The molecule has 0 radical (unpaired) electrons. The number of urea groups is 1. The largest absolute Gasteiger partial charge is 0.481 e. The second-order valence-electron chi connectivity index (χ2n) is 4.77. The van der Waals surface area contributed by atoms with Crippen LogP contribution in [0.4, 0.5) is 4.79 Å². The van der Waals surface area contributed by atoms with Crippen LogP contribution in [0.3, 0.4) is 0 Å². The van der Waals surface area contributed by atoms with Gasteiger partial charge in [-0.15, -0.1) is 0 Å². The van der Waals surface area contributed by atoms with Crippen molar-refractivity contribution in [3.05, 3.63) is 0 Å². The van der Waals surface area contributed by atoms with Crippen LogP contribution in [0.25, 0.3) is 0 Å². The Balaban J connectivity index is 2.44. The number of carbonyl (C=O) groups excluding carboxylic acids is 1. The van der Waals surface area contributed by atoms with E-state index in [9.17, 15) is 9.59 Å². The molecule has 20 heavy (non-hydrogen) atoms. The van der Waals surface area contributed by atoms with Crippen LogP contribution in [-0.4, -0.2) is 66.4 Å². The van der Waals surface area contributed by atoms with Gasteiger partial charge in [-0.25, -0.2) is 4.79 Å². The molecule has 1 heterocycles. The molecule has 2 N–H and O–H groups in total. The first-order chi connectivity index (χ1) is 9.61. The average Bonchev–Trinajstić information content (AvgIpc) is 2.89. The predicted molar refractivity (Wildman–Crippen MR) is 79.1 cm³/mol. The molecule has 2 amide bonds. The van der Waals surface area contributed by atoms with Gasteiger partial charge in [0.1, 0.15) is 5.92 Å². The minimum Gasteiger partial charge on any atom is -0.481 e. The Kier molecular flexibility index (Phi) is 7.76. The van der Waals surface area contributed by atoms with Gasteiger partial charge in [-0.3, -0.25) is 4.79 Å². The number of thioether (sulfide) groups is 1. The lowest BCUT2D eigenvalue weighted by Crippen LogP contribution is -2.50. The van der Waals surface area contributed by atoms with E-state index < -0.39 is 11.9 Å². The lowest BCUT2D eigenvalue weighted by Gasteiger charge is -2.29. The maximum absolute atomic E-state index is 12.1. The second-order valence-corrected chi connectivity index (χ2v) is 5.75. The third-order valence-corrected chi connectivity index (χ3v) is 4.12. The molecule has 1 aliphatic rings. The first-order valence-electron chi connectivity index (χ1n) is 6.95. The smallest absolute Gasteiger partial charge is 0.317 e. The van der Waals surface area contributed by atoms with Gasteiger partial charge in [0.2, 0.25) is 0 Å². The van der Waals surface area contributed by atoms with Gasteiger partial charge < -0.3 is 20.1 Å². The van der Waals surface area contributed by atoms with Crippen molar-refractivity contribution in [2.45, 2.75) is 25.8 Å². The lowest BCUT2D eigenvalue weighted by molar-refractivity contribution is -0.142. The molecule has 1 fully saturated rings. The zero-order valence-electron chi connectivity index (χ0n) is 12.1. The van der Waals surface area contributed by atoms with E-state index in [2.05, 4.69) is 11.6 Å². The average molecular weight is 304 g/mol. The van der Waals surface area contributed by atoms with Crippen LogP contribution in [-0.2, 0) is 9.53 Å². The highest BCUT2D eigenvalue weighted by Gasteiger charge is 2.39. The van der Waals surface area contributed by atoms with Crippen molar-refractivity contribution in [3.8, 4) is 0 Å². The molecule has 0 aliphatic carbocycles. The van der Waals surface area contributed by atoms with E-state index >= 15 is 0 Å². The highest BCUT2D eigenvalue weighted by atomic mass is 32.2. The Hall–Kier alpha value is -0.950. The summed E-state index contributed by atoms with van der Waals surface area (Å²) >= 11 is 1.79. The van der Waals surface area contributed by atoms with Gasteiger partial charge in [-0.2, -0.15) is 11.8 Å². The predicted octanol–water partition coefficient (Wildman–Crippen LogP) is 1.26. The monoisotopic (exact) mass is 304 g/mol. The zero-order valence-corrected chi connectivity index (χ0v) is 12.9. The summed E-state index contributed by atoms with van der Waals surface area (Å²) in [4.78, 5) is 24.8. The Bertz CT molecular complexity index is 327. The normalized spacial score (nSPS) is 21.7. The number of ether oxygens (including phenoxy) is 1. The zero-order chi connectivity index (χ0) is 15.0. The maximum atomic E-state index is 12.1. The van der Waals surface area contributed by atoms with Gasteiger partial charge in [-0.05, 0) is 31.8 Å². The summed E-state index contributed by atoms with van der Waals surface area (Å²) in [5.41, 5.74) is 0. The summed E-state index contributed by atoms with van der Waals surface area (Å²) in [6.07, 6.45) is 4.06. The summed E-state index contributed by atoms with van der Waals surface area (Å²) in [6.45, 7) is 3.43. The van der Waals surface area contributed by atoms with E-state index in [-0.39, 0.29) is 18.7 Å². The van der Waals surface area contributed by atoms with Gasteiger partial charge in [0.15, 0.2) is 0 Å². The van der Waals surface area contributed by atoms with Crippen molar-refractivity contribution in [3.63, 3.8) is 0 Å². The summed E-state index contributed by atoms with van der Waals surface area (Å²) < 4.78 is 5.22. The quantitative estimate of drug-likeness (QED) is 0.660. The molecule has 0 aromatic carbocycles. The minimum atomic E-state index is -0.904. The van der Waals surface area contributed by atoms with Gasteiger partial charge >= 0.3 is 12.0 Å². The van der Waals surface area contributed by atoms with Crippen LogP contribution in [0.2, 0.25) is 0 Å². The highest BCUT2D eigenvalue weighted by molar-refractivity contribution is 7.98. The van der Waals surface area contributed by atoms with E-state index in [0.29, 0.717) is 19.7 Å². The third kappa shape index (κ3) is 4.86. The molecule has 1 aliphatic heterocycles. The summed E-state index contributed by atoms with van der Waals surface area (Å²) in [7, 11) is 0. The number of nitrogens with one attached hydrogen (secondary N) is 1. The Morgan fingerprint density at radius 1 is 1.40 bits per heavy atom. The van der Waals surface area contributed by atoms with Crippen LogP contribution in [0.5, 0.6) is 0 Å². The minimum absolute atomic E-state index is 0.178. The van der Waals surface area contributed by atoms with Gasteiger partial charge in [0, 0.05) is 13.1 Å². The van der Waals surface area contributed by atoms with E-state index in [1.165, 1.54) is 0 Å². The lowest BCUT2D eigenvalue weighted by atomic mass is 10.0. The second kappa shape index (κ2) is 9.07. The number of rotatable bonds is 8. The number of amides is 2. The van der Waals surface area contributed by atoms with Gasteiger partial charge in [-0.1, -0.05) is 0 Å². The fraction of sp³-hybridized carbons (Fsp3) is 0.846. The molecule has 0 spiro atoms. The van der Waals surface area contributed by atoms with E-state index in [4.69, 9.17) is 9.84 Å². The van der Waals surface area contributed by atoms with Crippen LogP contribution in [0.15, 0.2) is 0 Å². The van der Waals surface area contributed by atoms with E-state index in [1.807, 2.05) is 6.92 Å². The van der Waals surface area contributed by atoms with Crippen LogP contribution in [0.1, 0.15) is 19.8 Å². The molecule has 0 bridgehead atoms. The molecule has 6 nitrogen and oxygen atoms in total. The molecule has 116 valence electrons. The molecule has 0 aromatic heterocycles. The van der Waals surface area contributed by atoms with Crippen molar-refractivity contribution >= 4 is 23.8 Å². The molecule has 1 saturated heterocycles. The van der Waals surface area contributed by atoms with Crippen molar-refractivity contribution < 1.29 is 19.4 Å². The van der Waals surface area contributed by atoms with Crippen LogP contribution >= 0.6 is 11.8 Å². The van der Waals surface area contributed by atoms with Gasteiger partial charge in [0.25, 0.3) is 0 Å². The maximum Gasteiger partial charge on any atom is 0.317 e. The third-order valence-electron chi connectivity index (χ3n) is 3.42. The summed E-state index contributed by atoms with van der Waals surface area (Å²) in [5, 5.41) is 12.0. The van der Waals surface area contributed by atoms with Crippen molar-refractivity contribution in [1.29, 1.82) is 0 Å². The van der Waals surface area contributed by atoms with E-state index in [1.54, 1.807) is 16.7 Å². The number of likely N-dealkylation sites (N-methyl/N-ethyl adjacent to an activating group) is 1. The summed E-state index contributed by atoms with van der Waals surface area (Å²) in [6, 6.07) is -0.568. The van der Waals surface area contributed by atoms with Crippen LogP contribution in [0, 0.1) is 5.92 Å². The standard InChI is InChI=1S/C13H24N2O4S/c1-3-15(11-9-19-8-10(11)12(16)17)13(18)14-6-4-5-7-20-2/h10-11H,3-9H2,1-2H3,(H,14,18)(H,16,17). The molecule has 1 rings (SSSR count). The van der Waals surface area contributed by atoms with Crippen LogP contribution < -0.4 is 5.32 Å².